The van der Waals surface area contributed by atoms with E-state index in [0.29, 0.717) is 18.4 Å². The Labute approximate surface area is 193 Å². The van der Waals surface area contributed by atoms with Crippen molar-refractivity contribution in [1.29, 1.82) is 0 Å². The number of hydrogen-bond donors (Lipinski definition) is 7. The molecule has 4 aliphatic rings. The van der Waals surface area contributed by atoms with E-state index < -0.39 is 0 Å². The van der Waals surface area contributed by atoms with E-state index in [-0.39, 0.29) is 42.2 Å². The van der Waals surface area contributed by atoms with Crippen molar-refractivity contribution in [2.24, 2.45) is 5.92 Å². The second-order valence-electron chi connectivity index (χ2n) is 9.38. The van der Waals surface area contributed by atoms with Crippen LogP contribution in [0.5, 0.6) is 5.75 Å². The number of nitrogens with one attached hydrogen (secondary N) is 7. The molecular formula is C22H35FN8O2. The molecule has 5 rings (SSSR count). The van der Waals surface area contributed by atoms with Gasteiger partial charge in [-0.15, -0.1) is 0 Å². The van der Waals surface area contributed by atoms with Gasteiger partial charge in [0.05, 0.1) is 24.5 Å². The van der Waals surface area contributed by atoms with Crippen molar-refractivity contribution in [1.82, 2.24) is 42.3 Å². The maximum absolute atomic E-state index is 13.4. The molecule has 7 N–H and O–H groups in total. The third kappa shape index (κ3) is 5.14. The molecule has 1 amide bonds. The number of rotatable bonds is 6. The summed E-state index contributed by atoms with van der Waals surface area (Å²) < 4.78 is 19.0. The third-order valence-electron chi connectivity index (χ3n) is 7.24. The Balaban J connectivity index is 1.09. The third-order valence-corrected chi connectivity index (χ3v) is 7.24. The number of benzene rings is 1. The summed E-state index contributed by atoms with van der Waals surface area (Å²) in [5.41, 5.74) is 7.65. The first-order valence-corrected chi connectivity index (χ1v) is 11.9. The minimum absolute atomic E-state index is 0.0314. The second kappa shape index (κ2) is 10.2. The van der Waals surface area contributed by atoms with Crippen molar-refractivity contribution in [2.75, 3.05) is 40.0 Å². The van der Waals surface area contributed by atoms with Crippen LogP contribution in [0.3, 0.4) is 0 Å². The van der Waals surface area contributed by atoms with Crippen LogP contribution in [-0.4, -0.2) is 75.3 Å². The van der Waals surface area contributed by atoms with Crippen LogP contribution in [0.25, 0.3) is 0 Å². The van der Waals surface area contributed by atoms with Gasteiger partial charge in [-0.25, -0.2) is 15.2 Å². The van der Waals surface area contributed by atoms with E-state index in [0.717, 1.165) is 51.1 Å². The van der Waals surface area contributed by atoms with Crippen molar-refractivity contribution in [3.05, 3.63) is 29.6 Å². The van der Waals surface area contributed by atoms with Gasteiger partial charge in [0.1, 0.15) is 18.2 Å². The van der Waals surface area contributed by atoms with E-state index in [9.17, 15) is 9.18 Å². The van der Waals surface area contributed by atoms with Crippen molar-refractivity contribution in [3.63, 3.8) is 0 Å². The molecule has 182 valence electrons. The molecular weight excluding hydrogens is 427 g/mol. The molecule has 4 heterocycles. The Morgan fingerprint density at radius 3 is 3.00 bits per heavy atom. The second-order valence-corrected chi connectivity index (χ2v) is 9.38. The number of carbonyl (C=O) groups excluding carboxylic acids is 1. The van der Waals surface area contributed by atoms with Crippen LogP contribution in [0.15, 0.2) is 18.2 Å². The molecule has 0 radical (unpaired) electrons. The van der Waals surface area contributed by atoms with Crippen molar-refractivity contribution in [3.8, 4) is 5.75 Å². The molecule has 0 spiro atoms. The molecule has 4 aliphatic heterocycles. The fraction of sp³-hybridized carbons (Fsp3) is 0.682. The number of fused-ring (bicyclic) bond motifs is 1. The molecule has 10 nitrogen and oxygen atoms in total. The first kappa shape index (κ1) is 22.9. The van der Waals surface area contributed by atoms with Crippen molar-refractivity contribution >= 4 is 5.91 Å². The number of hydrogen-bond acceptors (Lipinski definition) is 9. The van der Waals surface area contributed by atoms with E-state index in [2.05, 4.69) is 49.4 Å². The fourth-order valence-corrected chi connectivity index (χ4v) is 5.24. The zero-order valence-corrected chi connectivity index (χ0v) is 19.0. The highest BCUT2D eigenvalue weighted by atomic mass is 19.1. The number of ether oxygens (including phenoxy) is 1. The first-order valence-electron chi connectivity index (χ1n) is 11.9. The average Bonchev–Trinajstić information content (AvgIpc) is 3.41. The van der Waals surface area contributed by atoms with Crippen LogP contribution >= 0.6 is 0 Å². The number of hydrazine groups is 1. The molecule has 0 aromatic heterocycles. The number of nitrogens with zero attached hydrogens (tertiary/aromatic N) is 1. The van der Waals surface area contributed by atoms with E-state index >= 15 is 0 Å². The Bertz CT molecular complexity index is 839. The molecule has 3 fully saturated rings. The fourth-order valence-electron chi connectivity index (χ4n) is 5.24. The number of piperidine rings is 1. The van der Waals surface area contributed by atoms with Gasteiger partial charge >= 0.3 is 0 Å². The summed E-state index contributed by atoms with van der Waals surface area (Å²) in [4.78, 5) is 15.3. The van der Waals surface area contributed by atoms with E-state index in [4.69, 9.17) is 4.74 Å². The lowest BCUT2D eigenvalue weighted by Crippen LogP contribution is -2.58. The largest absolute Gasteiger partial charge is 0.491 e. The summed E-state index contributed by atoms with van der Waals surface area (Å²) in [6, 6.07) is 4.65. The van der Waals surface area contributed by atoms with Crippen LogP contribution in [0.4, 0.5) is 4.39 Å². The highest BCUT2D eigenvalue weighted by Gasteiger charge is 2.36. The Morgan fingerprint density at radius 1 is 1.24 bits per heavy atom. The van der Waals surface area contributed by atoms with Crippen LogP contribution in [0.1, 0.15) is 30.9 Å². The normalized spacial score (nSPS) is 34.6. The summed E-state index contributed by atoms with van der Waals surface area (Å²) in [7, 11) is 2.13. The highest BCUT2D eigenvalue weighted by molar-refractivity contribution is 5.79. The SMILES string of the molecule is CN1C(CNC2CC(C(=O)N[C@H]3COc4cc(F)ccc43)CCN2)NNC1C1CCNCN1. The summed E-state index contributed by atoms with van der Waals surface area (Å²) in [6.45, 7) is 3.75. The van der Waals surface area contributed by atoms with Gasteiger partial charge in [0.15, 0.2) is 0 Å². The van der Waals surface area contributed by atoms with Crippen LogP contribution < -0.4 is 42.2 Å². The van der Waals surface area contributed by atoms with Gasteiger partial charge in [0, 0.05) is 36.8 Å². The van der Waals surface area contributed by atoms with Gasteiger partial charge in [0.2, 0.25) is 5.91 Å². The highest BCUT2D eigenvalue weighted by Crippen LogP contribution is 2.33. The number of amides is 1. The van der Waals surface area contributed by atoms with Gasteiger partial charge in [0.25, 0.3) is 0 Å². The number of carbonyl (C=O) groups is 1. The van der Waals surface area contributed by atoms with Crippen molar-refractivity contribution < 1.29 is 13.9 Å². The zero-order valence-electron chi connectivity index (χ0n) is 19.0. The van der Waals surface area contributed by atoms with Gasteiger partial charge in [-0.1, -0.05) is 6.07 Å². The zero-order chi connectivity index (χ0) is 22.8. The monoisotopic (exact) mass is 462 g/mol. The van der Waals surface area contributed by atoms with Crippen LogP contribution in [0, 0.1) is 11.7 Å². The predicted octanol–water partition coefficient (Wildman–Crippen LogP) is -1.11. The maximum Gasteiger partial charge on any atom is 0.223 e. The summed E-state index contributed by atoms with van der Waals surface area (Å²) in [6.07, 6.45) is 3.06. The lowest BCUT2D eigenvalue weighted by Gasteiger charge is -2.35. The standard InChI is InChI=1S/C22H35FN8O2/c1-31-20(29-30-21(31)16-5-6-24-12-27-16)10-26-19-8-13(4-7-25-19)22(32)28-17-11-33-18-9-14(23)2-3-15(17)18/h2-3,9,13,16-17,19-21,24-27,29-30H,4-8,10-12H2,1H3,(H,28,32)/t13?,16?,17-,19?,20?,21?/m0/s1. The molecule has 33 heavy (non-hydrogen) atoms. The van der Waals surface area contributed by atoms with Gasteiger partial charge in [-0.3, -0.25) is 20.3 Å². The maximum atomic E-state index is 13.4. The molecule has 0 saturated carbocycles. The summed E-state index contributed by atoms with van der Waals surface area (Å²) >= 11 is 0. The molecule has 11 heteroatoms. The van der Waals surface area contributed by atoms with E-state index in [1.54, 1.807) is 6.07 Å². The van der Waals surface area contributed by atoms with Gasteiger partial charge in [-0.2, -0.15) is 0 Å². The van der Waals surface area contributed by atoms with Crippen LogP contribution in [-0.2, 0) is 4.79 Å². The molecule has 1 aromatic carbocycles. The number of likely N-dealkylation sites (N-methyl/N-ethyl adjacent to an activating group) is 1. The lowest BCUT2D eigenvalue weighted by atomic mass is 9.94. The topological polar surface area (TPSA) is 114 Å². The molecule has 3 saturated heterocycles. The Hall–Kier alpha value is -1.86. The van der Waals surface area contributed by atoms with E-state index in [1.165, 1.54) is 12.1 Å². The van der Waals surface area contributed by atoms with Crippen molar-refractivity contribution in [2.45, 2.75) is 49.8 Å². The minimum Gasteiger partial charge on any atom is -0.491 e. The lowest BCUT2D eigenvalue weighted by molar-refractivity contribution is -0.127. The first-order chi connectivity index (χ1) is 16.1. The molecule has 5 unspecified atom stereocenters. The summed E-state index contributed by atoms with van der Waals surface area (Å²) in [5, 5.41) is 17.0. The quantitative estimate of drug-likeness (QED) is 0.283. The smallest absolute Gasteiger partial charge is 0.223 e. The molecule has 1 aromatic rings. The molecule has 6 atom stereocenters. The Morgan fingerprint density at radius 2 is 2.15 bits per heavy atom. The molecule has 0 bridgehead atoms. The van der Waals surface area contributed by atoms with Gasteiger partial charge in [-0.05, 0) is 45.5 Å². The average molecular weight is 463 g/mol. The van der Waals surface area contributed by atoms with E-state index in [1.807, 2.05) is 0 Å². The summed E-state index contributed by atoms with van der Waals surface area (Å²) in [5.74, 6) is 0.144. The Kier molecular flexibility index (Phi) is 7.07. The van der Waals surface area contributed by atoms with Crippen LogP contribution in [0.2, 0.25) is 0 Å². The molecule has 0 aliphatic carbocycles. The van der Waals surface area contributed by atoms with Gasteiger partial charge < -0.3 is 20.7 Å². The minimum atomic E-state index is -0.330. The predicted molar refractivity (Wildman–Crippen MR) is 121 cm³/mol. The number of halogens is 1.